The van der Waals surface area contributed by atoms with Gasteiger partial charge in [-0.1, -0.05) is 32.9 Å². The zero-order valence-corrected chi connectivity index (χ0v) is 12.1. The standard InChI is InChI=1S/C15H25FN2/c1-11(17)9-12-7-6-8-13(16)14(12)18(5)10-15(2,3)4/h6-8,11H,9-10,17H2,1-5H3. The SMILES string of the molecule is CC(N)Cc1cccc(F)c1N(C)CC(C)(C)C. The van der Waals surface area contributed by atoms with Crippen LogP contribution in [0.2, 0.25) is 0 Å². The van der Waals surface area contributed by atoms with Gasteiger partial charge in [0, 0.05) is 19.6 Å². The summed E-state index contributed by atoms with van der Waals surface area (Å²) in [5.41, 5.74) is 7.63. The fourth-order valence-electron chi connectivity index (χ4n) is 2.29. The van der Waals surface area contributed by atoms with Crippen LogP contribution < -0.4 is 10.6 Å². The number of rotatable bonds is 4. The molecule has 2 nitrogen and oxygen atoms in total. The highest BCUT2D eigenvalue weighted by Gasteiger charge is 2.19. The van der Waals surface area contributed by atoms with Gasteiger partial charge < -0.3 is 10.6 Å². The fraction of sp³-hybridized carbons (Fsp3) is 0.600. The van der Waals surface area contributed by atoms with Gasteiger partial charge in [0.05, 0.1) is 5.69 Å². The Balaban J connectivity index is 3.05. The molecule has 1 aromatic rings. The Morgan fingerprint density at radius 2 is 1.94 bits per heavy atom. The summed E-state index contributed by atoms with van der Waals surface area (Å²) in [7, 11) is 1.94. The summed E-state index contributed by atoms with van der Waals surface area (Å²) in [6.07, 6.45) is 0.696. The summed E-state index contributed by atoms with van der Waals surface area (Å²) in [5.74, 6) is -0.167. The minimum absolute atomic E-state index is 0.0357. The van der Waals surface area contributed by atoms with E-state index in [9.17, 15) is 4.39 Å². The molecule has 1 unspecified atom stereocenters. The molecule has 0 saturated heterocycles. The maximum absolute atomic E-state index is 14.0. The third kappa shape index (κ3) is 4.30. The number of nitrogens with two attached hydrogens (primary N) is 1. The predicted molar refractivity (Wildman–Crippen MR) is 76.5 cm³/mol. The van der Waals surface area contributed by atoms with E-state index in [1.54, 1.807) is 6.07 Å². The van der Waals surface area contributed by atoms with Gasteiger partial charge in [-0.2, -0.15) is 0 Å². The van der Waals surface area contributed by atoms with Crippen molar-refractivity contribution in [1.82, 2.24) is 0 Å². The zero-order chi connectivity index (χ0) is 13.9. The molecule has 0 aliphatic carbocycles. The number of hydrogen-bond donors (Lipinski definition) is 1. The molecular formula is C15H25FN2. The third-order valence-electron chi connectivity index (χ3n) is 2.71. The largest absolute Gasteiger partial charge is 0.371 e. The summed E-state index contributed by atoms with van der Waals surface area (Å²) < 4.78 is 14.0. The van der Waals surface area contributed by atoms with Crippen molar-refractivity contribution in [3.8, 4) is 0 Å². The van der Waals surface area contributed by atoms with Crippen molar-refractivity contribution in [2.45, 2.75) is 40.2 Å². The van der Waals surface area contributed by atoms with Gasteiger partial charge in [-0.05, 0) is 30.4 Å². The lowest BCUT2D eigenvalue weighted by molar-refractivity contribution is 0.416. The molecule has 0 saturated carbocycles. The van der Waals surface area contributed by atoms with Gasteiger partial charge >= 0.3 is 0 Å². The summed E-state index contributed by atoms with van der Waals surface area (Å²) >= 11 is 0. The van der Waals surface area contributed by atoms with Crippen molar-refractivity contribution in [2.75, 3.05) is 18.5 Å². The Kier molecular flexibility index (Phi) is 4.74. The fourth-order valence-corrected chi connectivity index (χ4v) is 2.29. The van der Waals surface area contributed by atoms with Crippen LogP contribution in [-0.2, 0) is 6.42 Å². The molecule has 102 valence electrons. The predicted octanol–water partition coefficient (Wildman–Crippen LogP) is 3.20. The van der Waals surface area contributed by atoms with Crippen molar-refractivity contribution in [3.05, 3.63) is 29.6 Å². The van der Waals surface area contributed by atoms with Crippen LogP contribution in [0.15, 0.2) is 18.2 Å². The Morgan fingerprint density at radius 3 is 2.44 bits per heavy atom. The molecule has 0 radical (unpaired) electrons. The van der Waals surface area contributed by atoms with Crippen LogP contribution in [-0.4, -0.2) is 19.6 Å². The highest BCUT2D eigenvalue weighted by molar-refractivity contribution is 5.54. The van der Waals surface area contributed by atoms with Crippen LogP contribution in [0.4, 0.5) is 10.1 Å². The quantitative estimate of drug-likeness (QED) is 0.891. The Hall–Kier alpha value is -1.09. The van der Waals surface area contributed by atoms with E-state index in [1.165, 1.54) is 6.07 Å². The molecule has 0 aromatic heterocycles. The average Bonchev–Trinajstić information content (AvgIpc) is 2.13. The third-order valence-corrected chi connectivity index (χ3v) is 2.71. The van der Waals surface area contributed by atoms with Crippen molar-refractivity contribution in [3.63, 3.8) is 0 Å². The Morgan fingerprint density at radius 1 is 1.33 bits per heavy atom. The summed E-state index contributed by atoms with van der Waals surface area (Å²) in [6, 6.07) is 5.26. The number of hydrogen-bond acceptors (Lipinski definition) is 2. The molecule has 2 N–H and O–H groups in total. The minimum Gasteiger partial charge on any atom is -0.371 e. The van der Waals surface area contributed by atoms with Gasteiger partial charge in [0.2, 0.25) is 0 Å². The molecule has 1 aromatic carbocycles. The van der Waals surface area contributed by atoms with E-state index in [0.29, 0.717) is 12.1 Å². The van der Waals surface area contributed by atoms with E-state index >= 15 is 0 Å². The number of benzene rings is 1. The first kappa shape index (κ1) is 15.0. The van der Waals surface area contributed by atoms with Gasteiger partial charge in [-0.15, -0.1) is 0 Å². The van der Waals surface area contributed by atoms with Crippen LogP contribution in [0.3, 0.4) is 0 Å². The van der Waals surface area contributed by atoms with Gasteiger partial charge in [0.25, 0.3) is 0 Å². The first-order valence-electron chi connectivity index (χ1n) is 6.45. The topological polar surface area (TPSA) is 29.3 Å². The van der Waals surface area contributed by atoms with E-state index in [0.717, 1.165) is 12.1 Å². The normalized spacial score (nSPS) is 13.5. The molecule has 18 heavy (non-hydrogen) atoms. The number of anilines is 1. The average molecular weight is 252 g/mol. The van der Waals surface area contributed by atoms with Crippen LogP contribution in [0.25, 0.3) is 0 Å². The lowest BCUT2D eigenvalue weighted by atomic mass is 9.95. The highest BCUT2D eigenvalue weighted by atomic mass is 19.1. The van der Waals surface area contributed by atoms with Crippen LogP contribution in [0, 0.1) is 11.2 Å². The molecule has 0 aliphatic rings. The van der Waals surface area contributed by atoms with E-state index in [2.05, 4.69) is 20.8 Å². The van der Waals surface area contributed by atoms with Crippen molar-refractivity contribution in [2.24, 2.45) is 11.1 Å². The van der Waals surface area contributed by atoms with E-state index in [1.807, 2.05) is 24.9 Å². The maximum atomic E-state index is 14.0. The molecule has 0 spiro atoms. The lowest BCUT2D eigenvalue weighted by Gasteiger charge is -2.30. The minimum atomic E-state index is -0.167. The smallest absolute Gasteiger partial charge is 0.146 e. The Bertz CT molecular complexity index is 394. The second-order valence-corrected chi connectivity index (χ2v) is 6.35. The Labute approximate surface area is 110 Å². The van der Waals surface area contributed by atoms with Gasteiger partial charge in [-0.25, -0.2) is 4.39 Å². The molecular weight excluding hydrogens is 227 g/mol. The maximum Gasteiger partial charge on any atom is 0.146 e. The van der Waals surface area contributed by atoms with Crippen molar-refractivity contribution in [1.29, 1.82) is 0 Å². The molecule has 1 rings (SSSR count). The summed E-state index contributed by atoms with van der Waals surface area (Å²) in [5, 5.41) is 0. The molecule has 0 bridgehead atoms. The molecule has 0 amide bonds. The van der Waals surface area contributed by atoms with Crippen molar-refractivity contribution < 1.29 is 4.39 Å². The van der Waals surface area contributed by atoms with Gasteiger partial charge in [0.1, 0.15) is 5.82 Å². The molecule has 0 heterocycles. The zero-order valence-electron chi connectivity index (χ0n) is 12.1. The van der Waals surface area contributed by atoms with E-state index < -0.39 is 0 Å². The molecule has 0 fully saturated rings. The van der Waals surface area contributed by atoms with Gasteiger partial charge in [0.15, 0.2) is 0 Å². The first-order valence-corrected chi connectivity index (χ1v) is 6.45. The number of para-hydroxylation sites is 1. The molecule has 3 heteroatoms. The number of nitrogens with zero attached hydrogens (tertiary/aromatic N) is 1. The lowest BCUT2D eigenvalue weighted by Crippen LogP contribution is -2.31. The summed E-state index contributed by atoms with van der Waals surface area (Å²) in [4.78, 5) is 1.99. The highest BCUT2D eigenvalue weighted by Crippen LogP contribution is 2.27. The van der Waals surface area contributed by atoms with Crippen LogP contribution in [0.5, 0.6) is 0 Å². The van der Waals surface area contributed by atoms with Crippen LogP contribution >= 0.6 is 0 Å². The molecule has 0 aliphatic heterocycles. The second-order valence-electron chi connectivity index (χ2n) is 6.35. The van der Waals surface area contributed by atoms with Gasteiger partial charge in [-0.3, -0.25) is 0 Å². The van der Waals surface area contributed by atoms with E-state index in [-0.39, 0.29) is 17.3 Å². The summed E-state index contributed by atoms with van der Waals surface area (Å²) in [6.45, 7) is 9.19. The monoisotopic (exact) mass is 252 g/mol. The van der Waals surface area contributed by atoms with Crippen LogP contribution in [0.1, 0.15) is 33.3 Å². The molecule has 1 atom stereocenters. The first-order chi connectivity index (χ1) is 8.20. The number of halogens is 1. The van der Waals surface area contributed by atoms with E-state index in [4.69, 9.17) is 5.73 Å². The van der Waals surface area contributed by atoms with Crippen molar-refractivity contribution >= 4 is 5.69 Å². The second kappa shape index (κ2) is 5.70.